The highest BCUT2D eigenvalue weighted by atomic mass is 16.4. The summed E-state index contributed by atoms with van der Waals surface area (Å²) in [7, 11) is 0. The van der Waals surface area contributed by atoms with Gasteiger partial charge in [-0.2, -0.15) is 5.26 Å². The van der Waals surface area contributed by atoms with Crippen LogP contribution in [-0.4, -0.2) is 10.1 Å². The Balaban J connectivity index is 2.65. The Labute approximate surface area is 74.0 Å². The van der Waals surface area contributed by atoms with Gasteiger partial charge in [0, 0.05) is 6.07 Å². The third kappa shape index (κ3) is 1.25. The zero-order valence-electron chi connectivity index (χ0n) is 6.69. The van der Waals surface area contributed by atoms with Crippen molar-refractivity contribution < 1.29 is 9.52 Å². The van der Waals surface area contributed by atoms with Crippen LogP contribution in [0.1, 0.15) is 11.5 Å². The zero-order chi connectivity index (χ0) is 9.26. The Hall–Kier alpha value is -1.86. The van der Waals surface area contributed by atoms with Crippen LogP contribution >= 0.6 is 0 Å². The minimum absolute atomic E-state index is 0.226. The molecule has 13 heavy (non-hydrogen) atoms. The normalized spacial score (nSPS) is 10.2. The molecule has 4 heteroatoms. The number of benzene rings is 1. The third-order valence-electron chi connectivity index (χ3n) is 1.70. The van der Waals surface area contributed by atoms with E-state index in [1.54, 1.807) is 18.2 Å². The lowest BCUT2D eigenvalue weighted by Crippen LogP contribution is -1.78. The first-order valence-electron chi connectivity index (χ1n) is 3.74. The minimum Gasteiger partial charge on any atom is -0.438 e. The molecular weight excluding hydrogens is 168 g/mol. The molecule has 1 N–H and O–H groups in total. The van der Waals surface area contributed by atoms with Gasteiger partial charge in [0.2, 0.25) is 5.89 Å². The van der Waals surface area contributed by atoms with E-state index in [1.165, 1.54) is 0 Å². The SMILES string of the molecule is N#Cc1ccc2nc(CO)oc2c1. The quantitative estimate of drug-likeness (QED) is 0.704. The predicted octanol–water partition coefficient (Wildman–Crippen LogP) is 1.19. The summed E-state index contributed by atoms with van der Waals surface area (Å²) in [5.41, 5.74) is 1.71. The van der Waals surface area contributed by atoms with Gasteiger partial charge in [-0.05, 0) is 12.1 Å². The van der Waals surface area contributed by atoms with E-state index in [9.17, 15) is 0 Å². The largest absolute Gasteiger partial charge is 0.438 e. The van der Waals surface area contributed by atoms with Crippen molar-refractivity contribution in [1.82, 2.24) is 4.98 Å². The van der Waals surface area contributed by atoms with Crippen molar-refractivity contribution in [2.75, 3.05) is 0 Å². The van der Waals surface area contributed by atoms with Crippen LogP contribution in [0.15, 0.2) is 22.6 Å². The second-order valence-corrected chi connectivity index (χ2v) is 2.56. The molecule has 0 amide bonds. The first kappa shape index (κ1) is 7.77. The number of fused-ring (bicyclic) bond motifs is 1. The molecule has 0 atom stereocenters. The molecule has 0 saturated heterocycles. The molecule has 1 heterocycles. The molecular formula is C9H6N2O2. The summed E-state index contributed by atoms with van der Waals surface area (Å²) < 4.78 is 5.15. The Morgan fingerprint density at radius 2 is 2.38 bits per heavy atom. The van der Waals surface area contributed by atoms with Crippen molar-refractivity contribution in [3.8, 4) is 6.07 Å². The van der Waals surface area contributed by atoms with Gasteiger partial charge in [-0.25, -0.2) is 4.98 Å². The molecule has 0 unspecified atom stereocenters. The first-order chi connectivity index (χ1) is 6.33. The van der Waals surface area contributed by atoms with E-state index in [0.717, 1.165) is 0 Å². The lowest BCUT2D eigenvalue weighted by atomic mass is 10.2. The number of oxazole rings is 1. The van der Waals surface area contributed by atoms with E-state index in [2.05, 4.69) is 4.98 Å². The number of aliphatic hydroxyl groups is 1. The maximum atomic E-state index is 8.74. The number of rotatable bonds is 1. The number of nitrogens with zero attached hydrogens (tertiary/aromatic N) is 2. The summed E-state index contributed by atoms with van der Waals surface area (Å²) >= 11 is 0. The molecule has 0 saturated carbocycles. The molecule has 2 aromatic rings. The molecule has 0 spiro atoms. The van der Waals surface area contributed by atoms with Gasteiger partial charge in [0.25, 0.3) is 0 Å². The van der Waals surface area contributed by atoms with E-state index in [0.29, 0.717) is 16.7 Å². The zero-order valence-corrected chi connectivity index (χ0v) is 6.69. The lowest BCUT2D eigenvalue weighted by molar-refractivity contribution is 0.244. The third-order valence-corrected chi connectivity index (χ3v) is 1.70. The Kier molecular flexibility index (Phi) is 1.72. The van der Waals surface area contributed by atoms with Crippen molar-refractivity contribution in [1.29, 1.82) is 5.26 Å². The summed E-state index contributed by atoms with van der Waals surface area (Å²) in [6.07, 6.45) is 0. The topological polar surface area (TPSA) is 70.0 Å². The van der Waals surface area contributed by atoms with Crippen molar-refractivity contribution in [3.05, 3.63) is 29.7 Å². The van der Waals surface area contributed by atoms with Crippen LogP contribution in [0.5, 0.6) is 0 Å². The number of aliphatic hydroxyl groups excluding tert-OH is 1. The van der Waals surface area contributed by atoms with Crippen molar-refractivity contribution in [2.24, 2.45) is 0 Å². The summed E-state index contributed by atoms with van der Waals surface area (Å²) in [6, 6.07) is 6.94. The fourth-order valence-electron chi connectivity index (χ4n) is 1.11. The summed E-state index contributed by atoms with van der Waals surface area (Å²) in [4.78, 5) is 3.98. The second kappa shape index (κ2) is 2.88. The van der Waals surface area contributed by atoms with Gasteiger partial charge in [0.05, 0.1) is 11.6 Å². The van der Waals surface area contributed by atoms with Crippen LogP contribution in [0.2, 0.25) is 0 Å². The van der Waals surface area contributed by atoms with Crippen LogP contribution in [-0.2, 0) is 6.61 Å². The number of aromatic nitrogens is 1. The molecule has 0 bridgehead atoms. The maximum absolute atomic E-state index is 8.74. The molecule has 1 aromatic carbocycles. The van der Waals surface area contributed by atoms with Gasteiger partial charge in [-0.3, -0.25) is 0 Å². The van der Waals surface area contributed by atoms with E-state index in [-0.39, 0.29) is 12.5 Å². The summed E-state index contributed by atoms with van der Waals surface area (Å²) in [5, 5.41) is 17.3. The summed E-state index contributed by atoms with van der Waals surface area (Å²) in [5.74, 6) is 0.269. The van der Waals surface area contributed by atoms with Crippen LogP contribution in [0.3, 0.4) is 0 Å². The average molecular weight is 174 g/mol. The van der Waals surface area contributed by atoms with Gasteiger partial charge >= 0.3 is 0 Å². The smallest absolute Gasteiger partial charge is 0.221 e. The maximum Gasteiger partial charge on any atom is 0.221 e. The van der Waals surface area contributed by atoms with Crippen LogP contribution in [0, 0.1) is 11.3 Å². The molecule has 0 radical (unpaired) electrons. The highest BCUT2D eigenvalue weighted by Crippen LogP contribution is 2.16. The molecule has 4 nitrogen and oxygen atoms in total. The molecule has 0 aliphatic rings. The fourth-order valence-corrected chi connectivity index (χ4v) is 1.11. The minimum atomic E-state index is -0.226. The molecule has 2 rings (SSSR count). The number of hydrogen-bond acceptors (Lipinski definition) is 4. The first-order valence-corrected chi connectivity index (χ1v) is 3.74. The standard InChI is InChI=1S/C9H6N2O2/c10-4-6-1-2-7-8(3-6)13-9(5-12)11-7/h1-3,12H,5H2. The molecule has 1 aromatic heterocycles. The van der Waals surface area contributed by atoms with Crippen LogP contribution < -0.4 is 0 Å². The molecule has 0 aliphatic carbocycles. The lowest BCUT2D eigenvalue weighted by Gasteiger charge is -1.85. The van der Waals surface area contributed by atoms with Crippen molar-refractivity contribution in [3.63, 3.8) is 0 Å². The van der Waals surface area contributed by atoms with E-state index in [4.69, 9.17) is 14.8 Å². The highest BCUT2D eigenvalue weighted by molar-refractivity contribution is 5.74. The number of hydrogen-bond donors (Lipinski definition) is 1. The van der Waals surface area contributed by atoms with Crippen LogP contribution in [0.25, 0.3) is 11.1 Å². The second-order valence-electron chi connectivity index (χ2n) is 2.56. The summed E-state index contributed by atoms with van der Waals surface area (Å²) in [6.45, 7) is -0.226. The Morgan fingerprint density at radius 1 is 1.54 bits per heavy atom. The number of nitriles is 1. The monoisotopic (exact) mass is 174 g/mol. The van der Waals surface area contributed by atoms with Gasteiger partial charge in [0.1, 0.15) is 12.1 Å². The fraction of sp³-hybridized carbons (Fsp3) is 0.111. The van der Waals surface area contributed by atoms with Gasteiger partial charge in [-0.15, -0.1) is 0 Å². The highest BCUT2D eigenvalue weighted by Gasteiger charge is 2.04. The van der Waals surface area contributed by atoms with Gasteiger partial charge < -0.3 is 9.52 Å². The van der Waals surface area contributed by atoms with Gasteiger partial charge in [0.15, 0.2) is 5.58 Å². The van der Waals surface area contributed by atoms with Crippen molar-refractivity contribution in [2.45, 2.75) is 6.61 Å². The molecule has 0 aliphatic heterocycles. The van der Waals surface area contributed by atoms with E-state index < -0.39 is 0 Å². The predicted molar refractivity (Wildman–Crippen MR) is 44.6 cm³/mol. The Morgan fingerprint density at radius 3 is 3.08 bits per heavy atom. The molecule has 64 valence electrons. The van der Waals surface area contributed by atoms with E-state index in [1.807, 2.05) is 6.07 Å². The molecule has 0 fully saturated rings. The van der Waals surface area contributed by atoms with E-state index >= 15 is 0 Å². The van der Waals surface area contributed by atoms with Crippen LogP contribution in [0.4, 0.5) is 0 Å². The Bertz CT molecular complexity index is 482. The van der Waals surface area contributed by atoms with Gasteiger partial charge in [-0.1, -0.05) is 0 Å². The van der Waals surface area contributed by atoms with Crippen molar-refractivity contribution >= 4 is 11.1 Å². The average Bonchev–Trinajstić information content (AvgIpc) is 2.58.